The lowest BCUT2D eigenvalue weighted by Crippen LogP contribution is -2.21. The van der Waals surface area contributed by atoms with Crippen molar-refractivity contribution in [3.8, 4) is 0 Å². The number of nitrogens with zero attached hydrogens (tertiary/aromatic N) is 3. The van der Waals surface area contributed by atoms with Crippen LogP contribution in [-0.2, 0) is 6.54 Å². The fourth-order valence-electron chi connectivity index (χ4n) is 2.18. The summed E-state index contributed by atoms with van der Waals surface area (Å²) in [5, 5.41) is 12.4. The number of aromatic carboxylic acids is 1. The zero-order chi connectivity index (χ0) is 14.9. The van der Waals surface area contributed by atoms with Gasteiger partial charge in [-0.25, -0.2) is 9.78 Å². The number of hydrogen-bond acceptors (Lipinski definition) is 5. The molecular formula is C14H17N3O2S. The van der Waals surface area contributed by atoms with Gasteiger partial charge < -0.3 is 10.0 Å². The number of anilines is 1. The summed E-state index contributed by atoms with van der Waals surface area (Å²) in [4.78, 5) is 22.0. The third-order valence-electron chi connectivity index (χ3n) is 3.00. The van der Waals surface area contributed by atoms with E-state index in [0.717, 1.165) is 16.4 Å². The topological polar surface area (TPSA) is 66.3 Å². The van der Waals surface area contributed by atoms with Crippen LogP contribution < -0.4 is 4.90 Å². The average molecular weight is 291 g/mol. The number of pyridine rings is 1. The molecule has 0 unspecified atom stereocenters. The Morgan fingerprint density at radius 2 is 2.05 bits per heavy atom. The summed E-state index contributed by atoms with van der Waals surface area (Å²) in [5.41, 5.74) is 3.22. The molecule has 0 aliphatic carbocycles. The van der Waals surface area contributed by atoms with E-state index < -0.39 is 5.97 Å². The van der Waals surface area contributed by atoms with Gasteiger partial charge in [-0.1, -0.05) is 0 Å². The summed E-state index contributed by atoms with van der Waals surface area (Å²) in [6, 6.07) is 1.80. The van der Waals surface area contributed by atoms with E-state index in [-0.39, 0.29) is 5.56 Å². The predicted molar refractivity (Wildman–Crippen MR) is 79.6 cm³/mol. The average Bonchev–Trinajstić information content (AvgIpc) is 2.72. The van der Waals surface area contributed by atoms with Crippen LogP contribution in [-0.4, -0.2) is 28.1 Å². The van der Waals surface area contributed by atoms with Crippen LogP contribution in [0, 0.1) is 20.8 Å². The van der Waals surface area contributed by atoms with Crippen LogP contribution in [0.5, 0.6) is 0 Å². The molecule has 0 saturated heterocycles. The van der Waals surface area contributed by atoms with E-state index in [0.29, 0.717) is 17.9 Å². The molecule has 5 nitrogen and oxygen atoms in total. The van der Waals surface area contributed by atoms with Crippen LogP contribution in [0.2, 0.25) is 0 Å². The molecule has 0 atom stereocenters. The summed E-state index contributed by atoms with van der Waals surface area (Å²) in [6.07, 6.45) is 0. The minimum absolute atomic E-state index is 0.255. The zero-order valence-electron chi connectivity index (χ0n) is 12.0. The van der Waals surface area contributed by atoms with Gasteiger partial charge in [-0.15, -0.1) is 11.3 Å². The molecular weight excluding hydrogens is 274 g/mol. The quantitative estimate of drug-likeness (QED) is 0.938. The molecule has 106 valence electrons. The molecule has 6 heteroatoms. The normalized spacial score (nSPS) is 10.6. The van der Waals surface area contributed by atoms with Gasteiger partial charge in [0.2, 0.25) is 0 Å². The predicted octanol–water partition coefficient (Wildman–Crippen LogP) is 2.80. The molecule has 0 bridgehead atoms. The van der Waals surface area contributed by atoms with Gasteiger partial charge in [-0.05, 0) is 26.8 Å². The number of thiazole rings is 1. The van der Waals surface area contributed by atoms with Gasteiger partial charge in [0.1, 0.15) is 5.56 Å². The molecule has 0 amide bonds. The smallest absolute Gasteiger partial charge is 0.339 e. The second-order valence-electron chi connectivity index (χ2n) is 4.76. The minimum Gasteiger partial charge on any atom is -0.478 e. The molecule has 1 N–H and O–H groups in total. The standard InChI is InChI=1S/C14H17N3O2S/c1-8-5-12(13(14(18)19)9(2)15-8)17(4)6-11-7-20-10(3)16-11/h5,7H,6H2,1-4H3,(H,18,19). The lowest BCUT2D eigenvalue weighted by Gasteiger charge is -2.21. The van der Waals surface area contributed by atoms with Crippen LogP contribution in [0.3, 0.4) is 0 Å². The van der Waals surface area contributed by atoms with E-state index in [2.05, 4.69) is 9.97 Å². The Balaban J connectivity index is 2.38. The molecule has 2 rings (SSSR count). The van der Waals surface area contributed by atoms with E-state index in [4.69, 9.17) is 0 Å². The molecule has 2 aromatic rings. The molecule has 0 spiro atoms. The molecule has 2 heterocycles. The number of carboxylic acids is 1. The highest BCUT2D eigenvalue weighted by Gasteiger charge is 2.18. The SMILES string of the molecule is Cc1cc(N(C)Cc2csc(C)n2)c(C(=O)O)c(C)n1. The molecule has 0 radical (unpaired) electrons. The molecule has 0 aliphatic rings. The first-order chi connectivity index (χ1) is 9.38. The van der Waals surface area contributed by atoms with Crippen molar-refractivity contribution in [2.75, 3.05) is 11.9 Å². The van der Waals surface area contributed by atoms with Crippen LogP contribution in [0.25, 0.3) is 0 Å². The van der Waals surface area contributed by atoms with Gasteiger partial charge in [0.05, 0.1) is 28.6 Å². The summed E-state index contributed by atoms with van der Waals surface area (Å²) >= 11 is 1.59. The van der Waals surface area contributed by atoms with Crippen molar-refractivity contribution in [1.82, 2.24) is 9.97 Å². The number of aryl methyl sites for hydroxylation is 3. The van der Waals surface area contributed by atoms with Crippen molar-refractivity contribution in [2.24, 2.45) is 0 Å². The maximum atomic E-state index is 11.4. The molecule has 0 aromatic carbocycles. The van der Waals surface area contributed by atoms with Gasteiger partial charge in [-0.2, -0.15) is 0 Å². The Hall–Kier alpha value is -1.95. The lowest BCUT2D eigenvalue weighted by molar-refractivity contribution is 0.0696. The third-order valence-corrected chi connectivity index (χ3v) is 3.82. The second-order valence-corrected chi connectivity index (χ2v) is 5.82. The molecule has 0 saturated carbocycles. The van der Waals surface area contributed by atoms with Gasteiger partial charge in [0.15, 0.2) is 0 Å². The number of aromatic nitrogens is 2. The van der Waals surface area contributed by atoms with Gasteiger partial charge in [-0.3, -0.25) is 4.98 Å². The fourth-order valence-corrected chi connectivity index (χ4v) is 2.79. The van der Waals surface area contributed by atoms with Crippen LogP contribution in [0.1, 0.15) is 32.4 Å². The maximum absolute atomic E-state index is 11.4. The highest BCUT2D eigenvalue weighted by Crippen LogP contribution is 2.24. The third kappa shape index (κ3) is 2.96. The van der Waals surface area contributed by atoms with Crippen molar-refractivity contribution < 1.29 is 9.90 Å². The monoisotopic (exact) mass is 291 g/mol. The first-order valence-corrected chi connectivity index (χ1v) is 7.10. The summed E-state index contributed by atoms with van der Waals surface area (Å²) < 4.78 is 0. The van der Waals surface area contributed by atoms with Crippen LogP contribution in [0.15, 0.2) is 11.4 Å². The Kier molecular flexibility index (Phi) is 4.04. The van der Waals surface area contributed by atoms with E-state index in [9.17, 15) is 9.90 Å². The van der Waals surface area contributed by atoms with E-state index >= 15 is 0 Å². The van der Waals surface area contributed by atoms with Crippen LogP contribution in [0.4, 0.5) is 5.69 Å². The lowest BCUT2D eigenvalue weighted by atomic mass is 10.1. The van der Waals surface area contributed by atoms with E-state index in [1.165, 1.54) is 0 Å². The van der Waals surface area contributed by atoms with Crippen molar-refractivity contribution in [3.63, 3.8) is 0 Å². The van der Waals surface area contributed by atoms with Gasteiger partial charge >= 0.3 is 5.97 Å². The fraction of sp³-hybridized carbons (Fsp3) is 0.357. The Morgan fingerprint density at radius 3 is 2.60 bits per heavy atom. The Morgan fingerprint density at radius 1 is 1.35 bits per heavy atom. The first-order valence-electron chi connectivity index (χ1n) is 6.22. The minimum atomic E-state index is -0.952. The number of rotatable bonds is 4. The molecule has 0 aliphatic heterocycles. The van der Waals surface area contributed by atoms with Crippen LogP contribution >= 0.6 is 11.3 Å². The summed E-state index contributed by atoms with van der Waals surface area (Å²) in [5.74, 6) is -0.952. The number of hydrogen-bond donors (Lipinski definition) is 1. The second kappa shape index (κ2) is 5.58. The molecule has 0 fully saturated rings. The van der Waals surface area contributed by atoms with Crippen molar-refractivity contribution in [1.29, 1.82) is 0 Å². The Labute approximate surface area is 121 Å². The van der Waals surface area contributed by atoms with Crippen molar-refractivity contribution in [2.45, 2.75) is 27.3 Å². The van der Waals surface area contributed by atoms with E-state index in [1.807, 2.05) is 31.2 Å². The summed E-state index contributed by atoms with van der Waals surface area (Å²) in [7, 11) is 1.87. The van der Waals surface area contributed by atoms with Crippen molar-refractivity contribution >= 4 is 23.0 Å². The first kappa shape index (κ1) is 14.5. The van der Waals surface area contributed by atoms with Crippen molar-refractivity contribution in [3.05, 3.63) is 39.1 Å². The van der Waals surface area contributed by atoms with Gasteiger partial charge in [0, 0.05) is 18.1 Å². The number of carbonyl (C=O) groups is 1. The zero-order valence-corrected chi connectivity index (χ0v) is 12.8. The van der Waals surface area contributed by atoms with E-state index in [1.54, 1.807) is 24.3 Å². The molecule has 20 heavy (non-hydrogen) atoms. The van der Waals surface area contributed by atoms with Gasteiger partial charge in [0.25, 0.3) is 0 Å². The largest absolute Gasteiger partial charge is 0.478 e. The number of carboxylic acid groups (broad SMARTS) is 1. The Bertz CT molecular complexity index is 652. The maximum Gasteiger partial charge on any atom is 0.339 e. The highest BCUT2D eigenvalue weighted by molar-refractivity contribution is 7.09. The summed E-state index contributed by atoms with van der Waals surface area (Å²) in [6.45, 7) is 6.12. The highest BCUT2D eigenvalue weighted by atomic mass is 32.1. The molecule has 2 aromatic heterocycles.